The average Bonchev–Trinajstić information content (AvgIpc) is 2.22. The second kappa shape index (κ2) is 3.73. The Kier molecular flexibility index (Phi) is 2.40. The van der Waals surface area contributed by atoms with E-state index in [1.54, 1.807) is 18.2 Å². The van der Waals surface area contributed by atoms with Crippen LogP contribution >= 0.6 is 0 Å². The van der Waals surface area contributed by atoms with Gasteiger partial charge in [0.1, 0.15) is 12.3 Å². The number of nitrogen functional groups attached to an aromatic ring is 1. The predicted octanol–water partition coefficient (Wildman–Crippen LogP) is -0.520. The van der Waals surface area contributed by atoms with Gasteiger partial charge in [-0.05, 0) is 12.1 Å². The molecule has 1 aromatic rings. The molecule has 0 atom stereocenters. The van der Waals surface area contributed by atoms with Crippen LogP contribution in [0.2, 0.25) is 0 Å². The van der Waals surface area contributed by atoms with Gasteiger partial charge in [0.2, 0.25) is 5.91 Å². The Morgan fingerprint density at radius 3 is 2.94 bits per heavy atom. The smallest absolute Gasteiger partial charge is 0.265 e. The highest BCUT2D eigenvalue weighted by atomic mass is 16.5. The molecule has 1 aliphatic rings. The summed E-state index contributed by atoms with van der Waals surface area (Å²) in [6.45, 7) is -0.261. The zero-order valence-corrected chi connectivity index (χ0v) is 8.47. The van der Waals surface area contributed by atoms with Gasteiger partial charge < -0.3 is 16.2 Å². The number of hydrogen-bond acceptors (Lipinski definition) is 4. The van der Waals surface area contributed by atoms with Gasteiger partial charge in [-0.15, -0.1) is 0 Å². The lowest BCUT2D eigenvalue weighted by atomic mass is 10.2. The number of anilines is 2. The van der Waals surface area contributed by atoms with E-state index >= 15 is 0 Å². The van der Waals surface area contributed by atoms with E-state index in [4.69, 9.17) is 16.2 Å². The van der Waals surface area contributed by atoms with Gasteiger partial charge in [-0.1, -0.05) is 0 Å². The van der Waals surface area contributed by atoms with Crippen LogP contribution < -0.4 is 21.1 Å². The zero-order valence-electron chi connectivity index (χ0n) is 8.47. The number of carbonyl (C=O) groups is 2. The summed E-state index contributed by atoms with van der Waals surface area (Å²) >= 11 is 0. The van der Waals surface area contributed by atoms with Crippen LogP contribution in [0, 0.1) is 0 Å². The van der Waals surface area contributed by atoms with Crippen molar-refractivity contribution in [2.45, 2.75) is 0 Å². The molecule has 0 spiro atoms. The first-order valence-corrected chi connectivity index (χ1v) is 4.69. The van der Waals surface area contributed by atoms with Crippen LogP contribution in [-0.2, 0) is 9.59 Å². The molecule has 0 aromatic heterocycles. The lowest BCUT2D eigenvalue weighted by molar-refractivity contribution is -0.124. The van der Waals surface area contributed by atoms with Gasteiger partial charge in [0.15, 0.2) is 6.61 Å². The third kappa shape index (κ3) is 1.77. The number of benzene rings is 1. The minimum Gasteiger partial charge on any atom is -0.481 e. The van der Waals surface area contributed by atoms with Crippen LogP contribution in [0.1, 0.15) is 0 Å². The third-order valence-corrected chi connectivity index (χ3v) is 2.24. The number of fused-ring (bicyclic) bond motifs is 1. The highest BCUT2D eigenvalue weighted by molar-refractivity contribution is 6.02. The summed E-state index contributed by atoms with van der Waals surface area (Å²) in [5.74, 6) is -0.380. The van der Waals surface area contributed by atoms with Crippen molar-refractivity contribution >= 4 is 23.2 Å². The van der Waals surface area contributed by atoms with Crippen LogP contribution in [0.3, 0.4) is 0 Å². The molecule has 0 fully saturated rings. The van der Waals surface area contributed by atoms with E-state index in [1.165, 1.54) is 4.90 Å². The fourth-order valence-electron chi connectivity index (χ4n) is 1.55. The van der Waals surface area contributed by atoms with Gasteiger partial charge in [-0.3, -0.25) is 14.5 Å². The van der Waals surface area contributed by atoms with Crippen molar-refractivity contribution in [3.05, 3.63) is 18.2 Å². The van der Waals surface area contributed by atoms with Crippen molar-refractivity contribution in [1.82, 2.24) is 0 Å². The van der Waals surface area contributed by atoms with Crippen molar-refractivity contribution in [2.75, 3.05) is 23.8 Å². The monoisotopic (exact) mass is 221 g/mol. The molecule has 4 N–H and O–H groups in total. The Hall–Kier alpha value is -2.24. The van der Waals surface area contributed by atoms with E-state index < -0.39 is 5.91 Å². The van der Waals surface area contributed by atoms with E-state index in [1.807, 2.05) is 0 Å². The fourth-order valence-corrected chi connectivity index (χ4v) is 1.55. The normalized spacial score (nSPS) is 14.2. The average molecular weight is 221 g/mol. The second-order valence-corrected chi connectivity index (χ2v) is 3.46. The molecule has 0 saturated heterocycles. The number of rotatable bonds is 2. The SMILES string of the molecule is NC(=O)CN1C(=O)COc2cc(N)ccc21. The zero-order chi connectivity index (χ0) is 11.7. The summed E-state index contributed by atoms with van der Waals surface area (Å²) in [5, 5.41) is 0. The molecule has 0 saturated carbocycles. The largest absolute Gasteiger partial charge is 0.481 e. The summed E-state index contributed by atoms with van der Waals surface area (Å²) in [5.41, 5.74) is 11.7. The lowest BCUT2D eigenvalue weighted by Crippen LogP contribution is -2.43. The highest BCUT2D eigenvalue weighted by Crippen LogP contribution is 2.33. The van der Waals surface area contributed by atoms with Crippen LogP contribution in [0.4, 0.5) is 11.4 Å². The third-order valence-electron chi connectivity index (χ3n) is 2.24. The summed E-state index contributed by atoms with van der Waals surface area (Å²) in [4.78, 5) is 23.7. The molecule has 6 heteroatoms. The number of ether oxygens (including phenoxy) is 1. The minimum absolute atomic E-state index is 0.107. The summed E-state index contributed by atoms with van der Waals surface area (Å²) in [6, 6.07) is 4.87. The number of nitrogens with zero attached hydrogens (tertiary/aromatic N) is 1. The number of carbonyl (C=O) groups excluding carboxylic acids is 2. The molecule has 0 unspecified atom stereocenters. The molecule has 1 heterocycles. The number of hydrogen-bond donors (Lipinski definition) is 2. The first-order chi connectivity index (χ1) is 7.58. The van der Waals surface area contributed by atoms with Crippen LogP contribution in [0.5, 0.6) is 5.75 Å². The van der Waals surface area contributed by atoms with E-state index in [0.717, 1.165) is 0 Å². The van der Waals surface area contributed by atoms with Crippen LogP contribution in [0.25, 0.3) is 0 Å². The van der Waals surface area contributed by atoms with Gasteiger partial charge in [-0.25, -0.2) is 0 Å². The first kappa shape index (κ1) is 10.3. The molecule has 16 heavy (non-hydrogen) atoms. The Morgan fingerprint density at radius 1 is 1.50 bits per heavy atom. The number of nitrogens with two attached hydrogens (primary N) is 2. The van der Waals surface area contributed by atoms with Gasteiger partial charge in [-0.2, -0.15) is 0 Å². The van der Waals surface area contributed by atoms with E-state index in [-0.39, 0.29) is 19.1 Å². The van der Waals surface area contributed by atoms with Crippen LogP contribution in [0.15, 0.2) is 18.2 Å². The van der Waals surface area contributed by atoms with E-state index in [2.05, 4.69) is 0 Å². The maximum atomic E-state index is 11.5. The quantitative estimate of drug-likeness (QED) is 0.656. The molecule has 6 nitrogen and oxygen atoms in total. The van der Waals surface area contributed by atoms with Gasteiger partial charge >= 0.3 is 0 Å². The van der Waals surface area contributed by atoms with Crippen molar-refractivity contribution in [2.24, 2.45) is 5.73 Å². The van der Waals surface area contributed by atoms with Crippen molar-refractivity contribution in [3.63, 3.8) is 0 Å². The highest BCUT2D eigenvalue weighted by Gasteiger charge is 2.26. The summed E-state index contributed by atoms with van der Waals surface area (Å²) in [6.07, 6.45) is 0. The molecule has 84 valence electrons. The van der Waals surface area contributed by atoms with Gasteiger partial charge in [0.05, 0.1) is 5.69 Å². The summed E-state index contributed by atoms with van der Waals surface area (Å²) in [7, 11) is 0. The molecule has 0 bridgehead atoms. The molecule has 1 aliphatic heterocycles. The Bertz CT molecular complexity index is 459. The van der Waals surface area contributed by atoms with E-state index in [9.17, 15) is 9.59 Å². The summed E-state index contributed by atoms with van der Waals surface area (Å²) < 4.78 is 5.21. The maximum Gasteiger partial charge on any atom is 0.265 e. The molecule has 1 aromatic carbocycles. The Labute approximate surface area is 91.8 Å². The Balaban J connectivity index is 2.40. The van der Waals surface area contributed by atoms with Crippen molar-refractivity contribution in [3.8, 4) is 5.75 Å². The molecular weight excluding hydrogens is 210 g/mol. The standard InChI is InChI=1S/C10H11N3O3/c11-6-1-2-7-8(3-6)16-5-10(15)13(7)4-9(12)14/h1-3H,4-5,11H2,(H2,12,14). The molecule has 2 rings (SSSR count). The number of amides is 2. The maximum absolute atomic E-state index is 11.5. The minimum atomic E-state index is -0.571. The lowest BCUT2D eigenvalue weighted by Gasteiger charge is -2.28. The molecule has 0 aliphatic carbocycles. The molecule has 2 amide bonds. The fraction of sp³-hybridized carbons (Fsp3) is 0.200. The van der Waals surface area contributed by atoms with Crippen molar-refractivity contribution in [1.29, 1.82) is 0 Å². The molecular formula is C10H11N3O3. The second-order valence-electron chi connectivity index (χ2n) is 3.46. The van der Waals surface area contributed by atoms with Gasteiger partial charge in [0, 0.05) is 11.8 Å². The van der Waals surface area contributed by atoms with Crippen LogP contribution in [-0.4, -0.2) is 25.0 Å². The van der Waals surface area contributed by atoms with Crippen molar-refractivity contribution < 1.29 is 14.3 Å². The Morgan fingerprint density at radius 2 is 2.25 bits per heavy atom. The number of primary amides is 1. The topological polar surface area (TPSA) is 98.7 Å². The van der Waals surface area contributed by atoms with E-state index in [0.29, 0.717) is 17.1 Å². The predicted molar refractivity (Wildman–Crippen MR) is 57.9 cm³/mol. The first-order valence-electron chi connectivity index (χ1n) is 4.69. The van der Waals surface area contributed by atoms with Gasteiger partial charge in [0.25, 0.3) is 5.91 Å². The molecule has 0 radical (unpaired) electrons.